The molecule has 0 bridgehead atoms. The molecule has 0 aromatic carbocycles. The Labute approximate surface area is 112 Å². The summed E-state index contributed by atoms with van der Waals surface area (Å²) in [5.41, 5.74) is 0.948. The van der Waals surface area contributed by atoms with Gasteiger partial charge < -0.3 is 5.32 Å². The number of thioether (sulfide) groups is 1. The van der Waals surface area contributed by atoms with Crippen molar-refractivity contribution >= 4 is 29.2 Å². The zero-order chi connectivity index (χ0) is 12.4. The number of nitrogens with zero attached hydrogens (tertiary/aromatic N) is 2. The van der Waals surface area contributed by atoms with Gasteiger partial charge in [-0.3, -0.25) is 0 Å². The van der Waals surface area contributed by atoms with Gasteiger partial charge in [0.15, 0.2) is 0 Å². The van der Waals surface area contributed by atoms with Crippen molar-refractivity contribution in [3.8, 4) is 0 Å². The van der Waals surface area contributed by atoms with E-state index in [4.69, 9.17) is 11.6 Å². The molecule has 0 radical (unpaired) electrons. The van der Waals surface area contributed by atoms with Crippen LogP contribution in [0.25, 0.3) is 0 Å². The lowest BCUT2D eigenvalue weighted by Gasteiger charge is -2.16. The fraction of sp³-hybridized carbons (Fsp3) is 0.667. The van der Waals surface area contributed by atoms with Gasteiger partial charge >= 0.3 is 0 Å². The Hall–Kier alpha value is -0.480. The molecule has 1 fully saturated rings. The molecule has 1 unspecified atom stereocenters. The number of rotatable bonds is 5. The van der Waals surface area contributed by atoms with Gasteiger partial charge in [0.25, 0.3) is 0 Å². The minimum absolute atomic E-state index is 0.390. The highest BCUT2D eigenvalue weighted by atomic mass is 35.5. The molecule has 17 heavy (non-hydrogen) atoms. The third-order valence-electron chi connectivity index (χ3n) is 2.85. The molecule has 1 N–H and O–H groups in total. The Morgan fingerprint density at radius 3 is 2.76 bits per heavy atom. The largest absolute Gasteiger partial charge is 0.366 e. The predicted octanol–water partition coefficient (Wildman–Crippen LogP) is 3.48. The van der Waals surface area contributed by atoms with Gasteiger partial charge in [0.2, 0.25) is 0 Å². The second-order valence-corrected chi connectivity index (χ2v) is 5.89. The molecule has 0 saturated heterocycles. The zero-order valence-corrected chi connectivity index (χ0v) is 12.0. The Morgan fingerprint density at radius 2 is 2.18 bits per heavy atom. The number of halogens is 1. The lowest BCUT2D eigenvalue weighted by atomic mass is 10.3. The van der Waals surface area contributed by atoms with Crippen LogP contribution in [-0.2, 0) is 0 Å². The summed E-state index contributed by atoms with van der Waals surface area (Å²) in [5.74, 6) is 3.39. The Balaban J connectivity index is 2.19. The Bertz CT molecular complexity index is 407. The monoisotopic (exact) mass is 271 g/mol. The average molecular weight is 272 g/mol. The van der Waals surface area contributed by atoms with Crippen LogP contribution in [-0.4, -0.2) is 28.0 Å². The molecular formula is C12H18ClN3S. The van der Waals surface area contributed by atoms with E-state index in [2.05, 4.69) is 28.5 Å². The van der Waals surface area contributed by atoms with Crippen LogP contribution in [0.3, 0.4) is 0 Å². The third-order valence-corrected chi connectivity index (χ3v) is 4.05. The molecule has 2 rings (SSSR count). The van der Waals surface area contributed by atoms with Crippen LogP contribution in [0, 0.1) is 6.92 Å². The maximum Gasteiger partial charge on any atom is 0.137 e. The summed E-state index contributed by atoms with van der Waals surface area (Å²) < 4.78 is 0. The fourth-order valence-electron chi connectivity index (χ4n) is 1.70. The van der Waals surface area contributed by atoms with E-state index in [-0.39, 0.29) is 0 Å². The highest BCUT2D eigenvalue weighted by molar-refractivity contribution is 7.98. The van der Waals surface area contributed by atoms with Gasteiger partial charge in [0.05, 0.1) is 0 Å². The van der Waals surface area contributed by atoms with Crippen LogP contribution in [0.15, 0.2) is 0 Å². The topological polar surface area (TPSA) is 37.8 Å². The first-order chi connectivity index (χ1) is 8.11. The number of hydrogen-bond acceptors (Lipinski definition) is 4. The van der Waals surface area contributed by atoms with Crippen molar-refractivity contribution in [2.24, 2.45) is 0 Å². The van der Waals surface area contributed by atoms with Crippen molar-refractivity contribution in [3.05, 3.63) is 16.5 Å². The lowest BCUT2D eigenvalue weighted by Crippen LogP contribution is -2.20. The highest BCUT2D eigenvalue weighted by Crippen LogP contribution is 2.39. The molecule has 3 nitrogen and oxygen atoms in total. The van der Waals surface area contributed by atoms with E-state index in [9.17, 15) is 0 Å². The SMILES string of the molecule is CSCC(C)Nc1nc(C2CC2)nc(Cl)c1C. The molecule has 1 aromatic heterocycles. The molecule has 1 aliphatic carbocycles. The van der Waals surface area contributed by atoms with Crippen molar-refractivity contribution in [1.29, 1.82) is 0 Å². The maximum absolute atomic E-state index is 6.16. The van der Waals surface area contributed by atoms with Crippen molar-refractivity contribution < 1.29 is 0 Å². The van der Waals surface area contributed by atoms with E-state index >= 15 is 0 Å². The van der Waals surface area contributed by atoms with Gasteiger partial charge in [-0.15, -0.1) is 0 Å². The van der Waals surface area contributed by atoms with Gasteiger partial charge in [-0.2, -0.15) is 11.8 Å². The summed E-state index contributed by atoms with van der Waals surface area (Å²) in [5, 5.41) is 4.00. The minimum atomic E-state index is 0.390. The molecule has 5 heteroatoms. The molecule has 0 aliphatic heterocycles. The van der Waals surface area contributed by atoms with E-state index in [0.29, 0.717) is 17.1 Å². The van der Waals surface area contributed by atoms with E-state index < -0.39 is 0 Å². The lowest BCUT2D eigenvalue weighted by molar-refractivity contribution is 0.866. The molecule has 1 atom stereocenters. The molecule has 0 spiro atoms. The summed E-state index contributed by atoms with van der Waals surface area (Å²) in [6.45, 7) is 4.12. The summed E-state index contributed by atoms with van der Waals surface area (Å²) in [7, 11) is 0. The number of aromatic nitrogens is 2. The van der Waals surface area contributed by atoms with E-state index in [1.165, 1.54) is 12.8 Å². The first-order valence-electron chi connectivity index (χ1n) is 5.91. The Kier molecular flexibility index (Phi) is 4.15. The van der Waals surface area contributed by atoms with Crippen molar-refractivity contribution in [2.45, 2.75) is 38.6 Å². The van der Waals surface area contributed by atoms with Gasteiger partial charge in [-0.25, -0.2) is 9.97 Å². The smallest absolute Gasteiger partial charge is 0.137 e. The van der Waals surface area contributed by atoms with E-state index in [0.717, 1.165) is 23.0 Å². The predicted molar refractivity (Wildman–Crippen MR) is 75.2 cm³/mol. The number of nitrogens with one attached hydrogen (secondary N) is 1. The summed E-state index contributed by atoms with van der Waals surface area (Å²) in [6, 6.07) is 0.390. The van der Waals surface area contributed by atoms with Gasteiger partial charge in [-0.1, -0.05) is 11.6 Å². The normalized spacial score (nSPS) is 16.9. The molecule has 1 aliphatic rings. The van der Waals surface area contributed by atoms with Crippen LogP contribution in [0.2, 0.25) is 5.15 Å². The van der Waals surface area contributed by atoms with Crippen molar-refractivity contribution in [3.63, 3.8) is 0 Å². The highest BCUT2D eigenvalue weighted by Gasteiger charge is 2.28. The zero-order valence-electron chi connectivity index (χ0n) is 10.5. The average Bonchev–Trinajstić information content (AvgIpc) is 3.08. The summed E-state index contributed by atoms with van der Waals surface area (Å²) in [6.07, 6.45) is 4.49. The minimum Gasteiger partial charge on any atom is -0.366 e. The summed E-state index contributed by atoms with van der Waals surface area (Å²) in [4.78, 5) is 8.96. The van der Waals surface area contributed by atoms with Gasteiger partial charge in [0.1, 0.15) is 16.8 Å². The molecule has 94 valence electrons. The van der Waals surface area contributed by atoms with Gasteiger partial charge in [0, 0.05) is 23.3 Å². The third kappa shape index (κ3) is 3.26. The first kappa shape index (κ1) is 13.0. The standard InChI is InChI=1S/C12H18ClN3S/c1-7(6-17-3)14-11-8(2)10(13)15-12(16-11)9-4-5-9/h7,9H,4-6H2,1-3H3,(H,14,15,16). The maximum atomic E-state index is 6.16. The fourth-order valence-corrected chi connectivity index (χ4v) is 2.45. The molecule has 1 saturated carbocycles. The van der Waals surface area contributed by atoms with Crippen LogP contribution < -0.4 is 5.32 Å². The summed E-state index contributed by atoms with van der Waals surface area (Å²) >= 11 is 7.98. The second kappa shape index (κ2) is 5.44. The first-order valence-corrected chi connectivity index (χ1v) is 7.68. The number of anilines is 1. The molecule has 1 aromatic rings. The van der Waals surface area contributed by atoms with Crippen LogP contribution >= 0.6 is 23.4 Å². The van der Waals surface area contributed by atoms with E-state index in [1.807, 2.05) is 18.7 Å². The quantitative estimate of drug-likeness (QED) is 0.832. The molecular weight excluding hydrogens is 254 g/mol. The van der Waals surface area contributed by atoms with Crippen LogP contribution in [0.5, 0.6) is 0 Å². The van der Waals surface area contributed by atoms with Crippen molar-refractivity contribution in [1.82, 2.24) is 9.97 Å². The van der Waals surface area contributed by atoms with Crippen LogP contribution in [0.4, 0.5) is 5.82 Å². The van der Waals surface area contributed by atoms with Gasteiger partial charge in [-0.05, 0) is 32.9 Å². The van der Waals surface area contributed by atoms with Crippen molar-refractivity contribution in [2.75, 3.05) is 17.3 Å². The Morgan fingerprint density at radius 1 is 1.47 bits per heavy atom. The molecule has 1 heterocycles. The molecule has 0 amide bonds. The van der Waals surface area contributed by atoms with Crippen LogP contribution in [0.1, 0.15) is 37.1 Å². The number of hydrogen-bond donors (Lipinski definition) is 1. The second-order valence-electron chi connectivity index (χ2n) is 4.62. The van der Waals surface area contributed by atoms with E-state index in [1.54, 1.807) is 0 Å².